The fourth-order valence-corrected chi connectivity index (χ4v) is 3.98. The number of imidazole rings is 1. The summed E-state index contributed by atoms with van der Waals surface area (Å²) in [6, 6.07) is 4.02. The first-order chi connectivity index (χ1) is 14.5. The normalized spacial score (nSPS) is 15.2. The lowest BCUT2D eigenvalue weighted by molar-refractivity contribution is 0.0695. The predicted octanol–water partition coefficient (Wildman–Crippen LogP) is 2.79. The summed E-state index contributed by atoms with van der Waals surface area (Å²) >= 11 is 0. The molecule has 0 bridgehead atoms. The number of nitrogens with zero attached hydrogens (tertiary/aromatic N) is 6. The molecular formula is C21H23N7O2. The Morgan fingerprint density at radius 1 is 1.07 bits per heavy atom. The van der Waals surface area contributed by atoms with E-state index in [-0.39, 0.29) is 11.7 Å². The number of anilines is 2. The van der Waals surface area contributed by atoms with Crippen LogP contribution in [0.1, 0.15) is 30.1 Å². The van der Waals surface area contributed by atoms with Crippen LogP contribution in [0.5, 0.6) is 0 Å². The van der Waals surface area contributed by atoms with E-state index in [0.29, 0.717) is 30.3 Å². The molecule has 4 heterocycles. The Hall–Kier alpha value is -3.33. The van der Waals surface area contributed by atoms with Crippen molar-refractivity contribution in [2.45, 2.75) is 32.7 Å². The van der Waals surface area contributed by atoms with Crippen LogP contribution < -0.4 is 11.0 Å². The molecule has 0 amide bonds. The Bertz CT molecular complexity index is 1320. The SMILES string of the molecule is Cc1cnc2cc(C)c(Nc3ncc4c(n3)n(C3CCOCC3)c(=O)n4C)cc2n1. The number of aromatic nitrogens is 6. The van der Waals surface area contributed by atoms with Gasteiger partial charge in [-0.15, -0.1) is 0 Å². The molecule has 0 unspecified atom stereocenters. The largest absolute Gasteiger partial charge is 0.381 e. The van der Waals surface area contributed by atoms with Gasteiger partial charge in [0.25, 0.3) is 0 Å². The summed E-state index contributed by atoms with van der Waals surface area (Å²) in [5.74, 6) is 0.442. The molecule has 1 fully saturated rings. The Kier molecular flexibility index (Phi) is 4.47. The van der Waals surface area contributed by atoms with Crippen molar-refractivity contribution >= 4 is 33.8 Å². The van der Waals surface area contributed by atoms with Gasteiger partial charge in [-0.2, -0.15) is 4.98 Å². The molecule has 0 atom stereocenters. The van der Waals surface area contributed by atoms with Gasteiger partial charge in [-0.3, -0.25) is 14.1 Å². The standard InChI is InChI=1S/C21H23N7O2/c1-12-8-16-17(24-13(2)10-22-16)9-15(12)25-20-23-11-18-19(26-20)28(21(29)27(18)3)14-4-6-30-7-5-14/h8-11,14H,4-7H2,1-3H3,(H,23,25,26). The molecule has 1 aromatic carbocycles. The number of fused-ring (bicyclic) bond motifs is 2. The van der Waals surface area contributed by atoms with Gasteiger partial charge in [0.05, 0.1) is 22.9 Å². The van der Waals surface area contributed by atoms with Crippen molar-refractivity contribution in [2.24, 2.45) is 7.05 Å². The first-order valence-electron chi connectivity index (χ1n) is 10.0. The Morgan fingerprint density at radius 3 is 2.67 bits per heavy atom. The highest BCUT2D eigenvalue weighted by Crippen LogP contribution is 2.26. The Labute approximate surface area is 172 Å². The summed E-state index contributed by atoms with van der Waals surface area (Å²) in [5.41, 5.74) is 5.67. The van der Waals surface area contributed by atoms with Gasteiger partial charge >= 0.3 is 5.69 Å². The highest BCUT2D eigenvalue weighted by Gasteiger charge is 2.23. The van der Waals surface area contributed by atoms with Gasteiger partial charge in [-0.25, -0.2) is 14.8 Å². The molecule has 9 nitrogen and oxygen atoms in total. The van der Waals surface area contributed by atoms with Crippen LogP contribution in [0.2, 0.25) is 0 Å². The van der Waals surface area contributed by atoms with Crippen LogP contribution in [-0.2, 0) is 11.8 Å². The summed E-state index contributed by atoms with van der Waals surface area (Å²) in [5, 5.41) is 3.30. The molecule has 1 N–H and O–H groups in total. The molecular weight excluding hydrogens is 382 g/mol. The van der Waals surface area contributed by atoms with Crippen LogP contribution in [0, 0.1) is 13.8 Å². The summed E-state index contributed by atoms with van der Waals surface area (Å²) < 4.78 is 8.85. The molecule has 30 heavy (non-hydrogen) atoms. The van der Waals surface area contributed by atoms with E-state index >= 15 is 0 Å². The average molecular weight is 405 g/mol. The van der Waals surface area contributed by atoms with Crippen molar-refractivity contribution in [1.29, 1.82) is 0 Å². The molecule has 4 aromatic rings. The minimum atomic E-state index is -0.0732. The van der Waals surface area contributed by atoms with Crippen molar-refractivity contribution in [2.75, 3.05) is 18.5 Å². The van der Waals surface area contributed by atoms with E-state index in [0.717, 1.165) is 40.8 Å². The lowest BCUT2D eigenvalue weighted by atomic mass is 10.1. The number of ether oxygens (including phenoxy) is 1. The van der Waals surface area contributed by atoms with Crippen LogP contribution in [-0.4, -0.2) is 42.3 Å². The topological polar surface area (TPSA) is 99.8 Å². The molecule has 3 aromatic heterocycles. The molecule has 154 valence electrons. The predicted molar refractivity (Wildman–Crippen MR) is 114 cm³/mol. The second-order valence-electron chi connectivity index (χ2n) is 7.75. The van der Waals surface area contributed by atoms with Crippen LogP contribution in [0.3, 0.4) is 0 Å². The molecule has 1 aliphatic heterocycles. The molecule has 5 rings (SSSR count). The van der Waals surface area contributed by atoms with E-state index in [1.807, 2.05) is 26.0 Å². The molecule has 0 spiro atoms. The minimum absolute atomic E-state index is 0.0732. The van der Waals surface area contributed by atoms with Crippen molar-refractivity contribution in [1.82, 2.24) is 29.1 Å². The highest BCUT2D eigenvalue weighted by atomic mass is 16.5. The van der Waals surface area contributed by atoms with E-state index in [9.17, 15) is 4.79 Å². The Morgan fingerprint density at radius 2 is 1.87 bits per heavy atom. The maximum Gasteiger partial charge on any atom is 0.330 e. The average Bonchev–Trinajstić information content (AvgIpc) is 2.99. The third-order valence-electron chi connectivity index (χ3n) is 5.64. The second kappa shape index (κ2) is 7.17. The van der Waals surface area contributed by atoms with Crippen molar-refractivity contribution < 1.29 is 4.74 Å². The van der Waals surface area contributed by atoms with Gasteiger partial charge in [0.1, 0.15) is 5.52 Å². The van der Waals surface area contributed by atoms with Crippen molar-refractivity contribution in [3.8, 4) is 0 Å². The molecule has 0 saturated carbocycles. The van der Waals surface area contributed by atoms with Gasteiger partial charge in [-0.1, -0.05) is 0 Å². The molecule has 9 heteroatoms. The monoisotopic (exact) mass is 405 g/mol. The lowest BCUT2D eigenvalue weighted by Gasteiger charge is -2.22. The number of rotatable bonds is 3. The van der Waals surface area contributed by atoms with E-state index < -0.39 is 0 Å². The van der Waals surface area contributed by atoms with Crippen molar-refractivity contribution in [3.63, 3.8) is 0 Å². The van der Waals surface area contributed by atoms with Crippen LogP contribution in [0.4, 0.5) is 11.6 Å². The second-order valence-corrected chi connectivity index (χ2v) is 7.75. The molecule has 0 radical (unpaired) electrons. The highest BCUT2D eigenvalue weighted by molar-refractivity contribution is 5.82. The fraction of sp³-hybridized carbons (Fsp3) is 0.381. The zero-order chi connectivity index (χ0) is 20.8. The van der Waals surface area contributed by atoms with Gasteiger partial charge in [0.2, 0.25) is 5.95 Å². The van der Waals surface area contributed by atoms with Crippen LogP contribution >= 0.6 is 0 Å². The van der Waals surface area contributed by atoms with Gasteiger partial charge < -0.3 is 10.1 Å². The third kappa shape index (κ3) is 3.11. The smallest absolute Gasteiger partial charge is 0.330 e. The van der Waals surface area contributed by atoms with Crippen LogP contribution in [0.15, 0.2) is 29.3 Å². The summed E-state index contributed by atoms with van der Waals surface area (Å²) in [7, 11) is 1.76. The molecule has 1 aliphatic rings. The number of hydrogen-bond donors (Lipinski definition) is 1. The van der Waals surface area contributed by atoms with Crippen molar-refractivity contribution in [3.05, 3.63) is 46.3 Å². The van der Waals surface area contributed by atoms with Crippen LogP contribution in [0.25, 0.3) is 22.2 Å². The van der Waals surface area contributed by atoms with E-state index in [4.69, 9.17) is 9.72 Å². The van der Waals surface area contributed by atoms with E-state index in [2.05, 4.69) is 20.3 Å². The van der Waals surface area contributed by atoms with Gasteiger partial charge in [0, 0.05) is 38.2 Å². The molecule has 1 saturated heterocycles. The zero-order valence-electron chi connectivity index (χ0n) is 17.2. The number of benzene rings is 1. The Balaban J connectivity index is 1.58. The maximum atomic E-state index is 12.9. The summed E-state index contributed by atoms with van der Waals surface area (Å²) in [6.07, 6.45) is 5.06. The summed E-state index contributed by atoms with van der Waals surface area (Å²) in [6.45, 7) is 5.23. The first-order valence-corrected chi connectivity index (χ1v) is 10.0. The van der Waals surface area contributed by atoms with E-state index in [1.54, 1.807) is 28.6 Å². The van der Waals surface area contributed by atoms with Gasteiger partial charge in [-0.05, 0) is 44.4 Å². The number of nitrogens with one attached hydrogen (secondary N) is 1. The quantitative estimate of drug-likeness (QED) is 0.559. The number of aryl methyl sites for hydroxylation is 3. The molecule has 0 aliphatic carbocycles. The first kappa shape index (κ1) is 18.7. The maximum absolute atomic E-state index is 12.9. The lowest BCUT2D eigenvalue weighted by Crippen LogP contribution is -2.30. The minimum Gasteiger partial charge on any atom is -0.381 e. The zero-order valence-corrected chi connectivity index (χ0v) is 17.2. The van der Waals surface area contributed by atoms with Gasteiger partial charge in [0.15, 0.2) is 5.65 Å². The number of hydrogen-bond acceptors (Lipinski definition) is 7. The van der Waals surface area contributed by atoms with E-state index in [1.165, 1.54) is 0 Å². The fourth-order valence-electron chi connectivity index (χ4n) is 3.98. The third-order valence-corrected chi connectivity index (χ3v) is 5.64. The summed E-state index contributed by atoms with van der Waals surface area (Å²) in [4.78, 5) is 31.0.